The molecule has 4 rings (SSSR count). The summed E-state index contributed by atoms with van der Waals surface area (Å²) in [5.74, 6) is 0.995. The maximum absolute atomic E-state index is 12.6. The molecular weight excluding hydrogens is 340 g/mol. The molecule has 132 valence electrons. The molecule has 2 aromatic rings. The molecule has 25 heavy (non-hydrogen) atoms. The number of fused-ring (bicyclic) bond motifs is 1. The minimum absolute atomic E-state index is 0.119. The van der Waals surface area contributed by atoms with Crippen LogP contribution in [-0.4, -0.2) is 53.1 Å². The van der Waals surface area contributed by atoms with Crippen molar-refractivity contribution < 1.29 is 9.53 Å². The van der Waals surface area contributed by atoms with Gasteiger partial charge in [-0.1, -0.05) is 11.6 Å². The van der Waals surface area contributed by atoms with E-state index < -0.39 is 0 Å². The largest absolute Gasteiger partial charge is 0.378 e. The molecule has 2 aliphatic heterocycles. The molecule has 0 bridgehead atoms. The molecule has 2 aliphatic rings. The lowest BCUT2D eigenvalue weighted by Crippen LogP contribution is -2.46. The lowest BCUT2D eigenvalue weighted by atomic mass is 10.1. The van der Waals surface area contributed by atoms with Crippen molar-refractivity contribution in [1.82, 2.24) is 20.2 Å². The summed E-state index contributed by atoms with van der Waals surface area (Å²) >= 11 is 5.95. The van der Waals surface area contributed by atoms with Gasteiger partial charge < -0.3 is 19.9 Å². The summed E-state index contributed by atoms with van der Waals surface area (Å²) in [6, 6.07) is 7.73. The van der Waals surface area contributed by atoms with Gasteiger partial charge in [0.2, 0.25) is 5.91 Å². The van der Waals surface area contributed by atoms with E-state index in [-0.39, 0.29) is 11.9 Å². The summed E-state index contributed by atoms with van der Waals surface area (Å²) in [5, 5.41) is 4.04. The highest BCUT2D eigenvalue weighted by molar-refractivity contribution is 6.30. The third-order valence-electron chi connectivity index (χ3n) is 4.72. The SMILES string of the molecule is O=C(CC1COCCN1)N1CCc2nc(-c3ccc(Cl)cc3)[nH]c2C1. The first-order valence-electron chi connectivity index (χ1n) is 8.61. The van der Waals surface area contributed by atoms with Gasteiger partial charge in [-0.3, -0.25) is 4.79 Å². The van der Waals surface area contributed by atoms with Crippen LogP contribution in [-0.2, 0) is 22.5 Å². The van der Waals surface area contributed by atoms with Crippen LogP contribution in [0.4, 0.5) is 0 Å². The van der Waals surface area contributed by atoms with E-state index in [9.17, 15) is 4.79 Å². The van der Waals surface area contributed by atoms with Crippen molar-refractivity contribution in [3.8, 4) is 11.4 Å². The highest BCUT2D eigenvalue weighted by atomic mass is 35.5. The number of rotatable bonds is 3. The molecule has 0 radical (unpaired) electrons. The van der Waals surface area contributed by atoms with Gasteiger partial charge in [0.25, 0.3) is 0 Å². The Bertz CT molecular complexity index is 753. The Morgan fingerprint density at radius 3 is 2.96 bits per heavy atom. The van der Waals surface area contributed by atoms with E-state index in [0.717, 1.165) is 42.3 Å². The Morgan fingerprint density at radius 2 is 2.20 bits per heavy atom. The van der Waals surface area contributed by atoms with E-state index in [1.165, 1.54) is 0 Å². The second-order valence-corrected chi connectivity index (χ2v) is 6.95. The quantitative estimate of drug-likeness (QED) is 0.878. The van der Waals surface area contributed by atoms with E-state index in [1.54, 1.807) is 0 Å². The highest BCUT2D eigenvalue weighted by Gasteiger charge is 2.26. The minimum Gasteiger partial charge on any atom is -0.378 e. The molecule has 1 saturated heterocycles. The van der Waals surface area contributed by atoms with E-state index in [0.29, 0.717) is 31.1 Å². The number of morpholine rings is 1. The maximum atomic E-state index is 12.6. The van der Waals surface area contributed by atoms with E-state index in [4.69, 9.17) is 21.3 Å². The molecule has 0 spiro atoms. The van der Waals surface area contributed by atoms with Gasteiger partial charge in [-0.25, -0.2) is 4.98 Å². The van der Waals surface area contributed by atoms with Crippen LogP contribution in [0.2, 0.25) is 5.02 Å². The minimum atomic E-state index is 0.119. The molecule has 6 nitrogen and oxygen atoms in total. The number of carbonyl (C=O) groups excluding carboxylic acids is 1. The highest BCUT2D eigenvalue weighted by Crippen LogP contribution is 2.24. The summed E-state index contributed by atoms with van der Waals surface area (Å²) in [5.41, 5.74) is 3.07. The normalized spacial score (nSPS) is 20.4. The zero-order chi connectivity index (χ0) is 17.2. The van der Waals surface area contributed by atoms with Crippen molar-refractivity contribution in [1.29, 1.82) is 0 Å². The average Bonchev–Trinajstić information content (AvgIpc) is 3.06. The Labute approximate surface area is 151 Å². The maximum Gasteiger partial charge on any atom is 0.224 e. The van der Waals surface area contributed by atoms with Crippen LogP contribution in [0.15, 0.2) is 24.3 Å². The molecule has 1 atom stereocenters. The van der Waals surface area contributed by atoms with Gasteiger partial charge in [0.05, 0.1) is 31.1 Å². The van der Waals surface area contributed by atoms with E-state index >= 15 is 0 Å². The smallest absolute Gasteiger partial charge is 0.224 e. The molecule has 2 N–H and O–H groups in total. The van der Waals surface area contributed by atoms with Crippen molar-refractivity contribution in [2.75, 3.05) is 26.3 Å². The summed E-state index contributed by atoms with van der Waals surface area (Å²) in [6.07, 6.45) is 1.26. The summed E-state index contributed by atoms with van der Waals surface area (Å²) in [6.45, 7) is 3.44. The predicted octanol–water partition coefficient (Wildman–Crippen LogP) is 1.99. The fraction of sp³-hybridized carbons (Fsp3) is 0.444. The van der Waals surface area contributed by atoms with Crippen LogP contribution in [0.1, 0.15) is 17.8 Å². The van der Waals surface area contributed by atoms with Gasteiger partial charge in [-0.2, -0.15) is 0 Å². The van der Waals surface area contributed by atoms with Gasteiger partial charge in [-0.05, 0) is 24.3 Å². The molecule has 1 fully saturated rings. The topological polar surface area (TPSA) is 70.2 Å². The van der Waals surface area contributed by atoms with Gasteiger partial charge in [-0.15, -0.1) is 0 Å². The lowest BCUT2D eigenvalue weighted by Gasteiger charge is -2.29. The molecule has 1 aromatic carbocycles. The van der Waals surface area contributed by atoms with Crippen LogP contribution in [0.25, 0.3) is 11.4 Å². The number of imidazole rings is 1. The Morgan fingerprint density at radius 1 is 1.36 bits per heavy atom. The monoisotopic (exact) mass is 360 g/mol. The van der Waals surface area contributed by atoms with Gasteiger partial charge in [0, 0.05) is 42.6 Å². The molecule has 1 aromatic heterocycles. The summed E-state index contributed by atoms with van der Waals surface area (Å²) in [4.78, 5) is 22.5. The number of aromatic amines is 1. The fourth-order valence-electron chi connectivity index (χ4n) is 3.34. The number of benzene rings is 1. The second-order valence-electron chi connectivity index (χ2n) is 6.51. The number of H-pyrrole nitrogens is 1. The Kier molecular flexibility index (Phi) is 4.74. The van der Waals surface area contributed by atoms with Crippen molar-refractivity contribution in [3.05, 3.63) is 40.7 Å². The van der Waals surface area contributed by atoms with E-state index in [2.05, 4.69) is 10.3 Å². The number of nitrogens with zero attached hydrogens (tertiary/aromatic N) is 2. The molecule has 0 saturated carbocycles. The second kappa shape index (κ2) is 7.15. The molecule has 3 heterocycles. The van der Waals surface area contributed by atoms with E-state index in [1.807, 2.05) is 29.2 Å². The Hall–Kier alpha value is -1.89. The zero-order valence-electron chi connectivity index (χ0n) is 13.9. The number of nitrogens with one attached hydrogen (secondary N) is 2. The molecule has 7 heteroatoms. The zero-order valence-corrected chi connectivity index (χ0v) is 14.7. The van der Waals surface area contributed by atoms with Crippen LogP contribution < -0.4 is 5.32 Å². The number of amides is 1. The van der Waals surface area contributed by atoms with Crippen LogP contribution in [0.5, 0.6) is 0 Å². The molecule has 1 unspecified atom stereocenters. The first kappa shape index (κ1) is 16.6. The van der Waals surface area contributed by atoms with Crippen LogP contribution >= 0.6 is 11.6 Å². The number of halogens is 1. The standard InChI is InChI=1S/C18H21ClN4O2/c19-13-3-1-12(2-4-13)18-21-15-5-7-23(10-16(15)22-18)17(24)9-14-11-25-8-6-20-14/h1-4,14,20H,5-11H2,(H,21,22). The molecule has 0 aliphatic carbocycles. The molecular formula is C18H21ClN4O2. The lowest BCUT2D eigenvalue weighted by molar-refractivity contribution is -0.133. The fourth-order valence-corrected chi connectivity index (χ4v) is 3.47. The van der Waals surface area contributed by atoms with Crippen molar-refractivity contribution in [2.45, 2.75) is 25.4 Å². The number of ether oxygens (including phenoxy) is 1. The van der Waals surface area contributed by atoms with Crippen LogP contribution in [0, 0.1) is 0 Å². The number of carbonyl (C=O) groups is 1. The van der Waals surface area contributed by atoms with Crippen molar-refractivity contribution >= 4 is 17.5 Å². The third kappa shape index (κ3) is 3.71. The number of hydrogen-bond donors (Lipinski definition) is 2. The number of aromatic nitrogens is 2. The van der Waals surface area contributed by atoms with Crippen LogP contribution in [0.3, 0.4) is 0 Å². The van der Waals surface area contributed by atoms with Gasteiger partial charge in [0.15, 0.2) is 0 Å². The predicted molar refractivity (Wildman–Crippen MR) is 95.4 cm³/mol. The Balaban J connectivity index is 1.44. The summed E-state index contributed by atoms with van der Waals surface area (Å²) in [7, 11) is 0. The van der Waals surface area contributed by atoms with Gasteiger partial charge in [0.1, 0.15) is 5.82 Å². The average molecular weight is 361 g/mol. The summed E-state index contributed by atoms with van der Waals surface area (Å²) < 4.78 is 5.43. The van der Waals surface area contributed by atoms with Crippen molar-refractivity contribution in [2.24, 2.45) is 0 Å². The van der Waals surface area contributed by atoms with Crippen molar-refractivity contribution in [3.63, 3.8) is 0 Å². The first-order chi connectivity index (χ1) is 12.2. The number of hydrogen-bond acceptors (Lipinski definition) is 4. The van der Waals surface area contributed by atoms with Gasteiger partial charge >= 0.3 is 0 Å². The first-order valence-corrected chi connectivity index (χ1v) is 8.99. The molecule has 1 amide bonds. The third-order valence-corrected chi connectivity index (χ3v) is 4.97.